The zero-order valence-electron chi connectivity index (χ0n) is 38.7. The number of aromatic nitrogens is 1. The molecule has 10 rings (SSSR count). The Labute approximate surface area is 389 Å². The third kappa shape index (κ3) is 6.16. The molecule has 4 aromatic rings. The number of anilines is 1. The molecule has 6 heterocycles. The molecule has 2 bridgehead atoms. The molecule has 1 spiro atoms. The second-order valence-electron chi connectivity index (χ2n) is 19.2. The number of likely N-dealkylation sites (N-methyl/N-ethyl adjacent to an activating group) is 1. The highest BCUT2D eigenvalue weighted by atomic mass is 32.2. The number of rotatable bonds is 10. The summed E-state index contributed by atoms with van der Waals surface area (Å²) in [6.45, 7) is 8.89. The van der Waals surface area contributed by atoms with Crippen molar-refractivity contribution in [1.82, 2.24) is 14.8 Å². The first-order valence-electron chi connectivity index (χ1n) is 23.1. The van der Waals surface area contributed by atoms with Crippen LogP contribution < -0.4 is 9.64 Å². The fraction of sp³-hybridized carbons (Fsp3) is 0.481. The Balaban J connectivity index is 1.23. The van der Waals surface area contributed by atoms with Crippen LogP contribution in [0.4, 0.5) is 10.1 Å². The maximum Gasteiger partial charge on any atom is 0.344 e. The Morgan fingerprint density at radius 1 is 0.985 bits per heavy atom. The molecule has 348 valence electrons. The van der Waals surface area contributed by atoms with Crippen LogP contribution >= 0.6 is 11.8 Å². The monoisotopic (exact) mass is 918 g/mol. The van der Waals surface area contributed by atoms with Gasteiger partial charge in [0.05, 0.1) is 27.4 Å². The van der Waals surface area contributed by atoms with Gasteiger partial charge in [0, 0.05) is 102 Å². The van der Waals surface area contributed by atoms with E-state index in [0.29, 0.717) is 61.5 Å². The van der Waals surface area contributed by atoms with E-state index < -0.39 is 51.9 Å². The van der Waals surface area contributed by atoms with Crippen molar-refractivity contribution in [3.63, 3.8) is 0 Å². The minimum absolute atomic E-state index is 0.0347. The number of carbonyl (C=O) groups is 3. The number of thioether (sulfide) groups is 1. The molecule has 1 saturated heterocycles. The number of aromatic amines is 1. The number of hydrogen-bond donors (Lipinski definition) is 2. The van der Waals surface area contributed by atoms with Gasteiger partial charge in [0.2, 0.25) is 5.60 Å². The molecule has 14 heteroatoms. The highest BCUT2D eigenvalue weighted by Gasteiger charge is 2.80. The van der Waals surface area contributed by atoms with Crippen molar-refractivity contribution >= 4 is 46.3 Å². The lowest BCUT2D eigenvalue weighted by Crippen LogP contribution is -2.81. The molecule has 5 aliphatic heterocycles. The number of aliphatic hydroxyl groups is 1. The Kier molecular flexibility index (Phi) is 11.0. The van der Waals surface area contributed by atoms with Crippen molar-refractivity contribution in [2.75, 3.05) is 59.5 Å². The van der Waals surface area contributed by atoms with E-state index in [1.165, 1.54) is 32.8 Å². The van der Waals surface area contributed by atoms with E-state index in [0.717, 1.165) is 57.8 Å². The summed E-state index contributed by atoms with van der Waals surface area (Å²) < 4.78 is 38.9. The van der Waals surface area contributed by atoms with Crippen LogP contribution in [0.3, 0.4) is 0 Å². The van der Waals surface area contributed by atoms with Crippen LogP contribution in [0.5, 0.6) is 5.75 Å². The molecule has 1 unspecified atom stereocenters. The Bertz CT molecular complexity index is 2720. The molecule has 1 saturated carbocycles. The number of H-pyrrole nitrogens is 1. The summed E-state index contributed by atoms with van der Waals surface area (Å²) in [5.74, 6) is -1.28. The van der Waals surface area contributed by atoms with Gasteiger partial charge in [-0.05, 0) is 85.2 Å². The Hall–Kier alpha value is -5.15. The highest BCUT2D eigenvalue weighted by molar-refractivity contribution is 7.98. The van der Waals surface area contributed by atoms with Gasteiger partial charge in [-0.1, -0.05) is 55.8 Å². The first-order chi connectivity index (χ1) is 31.7. The third-order valence-corrected chi connectivity index (χ3v) is 17.2. The third-order valence-electron chi connectivity index (χ3n) is 16.2. The molecule has 1 aromatic heterocycles. The minimum Gasteiger partial charge on any atom is -0.496 e. The first-order valence-corrected chi connectivity index (χ1v) is 24.1. The highest BCUT2D eigenvalue weighted by Crippen LogP contribution is 2.68. The summed E-state index contributed by atoms with van der Waals surface area (Å²) in [5, 5.41) is 14.4. The van der Waals surface area contributed by atoms with Gasteiger partial charge in [-0.3, -0.25) is 19.4 Å². The summed E-state index contributed by atoms with van der Waals surface area (Å²) in [4.78, 5) is 54.6. The lowest BCUT2D eigenvalue weighted by atomic mass is 9.47. The number of nitrogens with one attached hydrogen (secondary N) is 1. The molecule has 0 radical (unpaired) electrons. The fourth-order valence-electron chi connectivity index (χ4n) is 13.7. The molecule has 6 aliphatic rings. The fourth-order valence-corrected chi connectivity index (χ4v) is 14.7. The second-order valence-corrected chi connectivity index (χ2v) is 20.3. The van der Waals surface area contributed by atoms with Crippen molar-refractivity contribution in [3.05, 3.63) is 112 Å². The number of ether oxygens (including phenoxy) is 4. The largest absolute Gasteiger partial charge is 0.496 e. The van der Waals surface area contributed by atoms with E-state index >= 15 is 4.79 Å². The van der Waals surface area contributed by atoms with Gasteiger partial charge >= 0.3 is 17.9 Å². The average molecular weight is 919 g/mol. The standard InChI is InChI=1S/C52H59FN4O8S/c1-8-31-21-32-25-51(47(59)63-6,43-36(28-56(26-31)27-32)35-22-34(15-16-40(35)54-43)66-29-33-13-10-11-14-39(33)53)38-23-37-41(24-42(38)62-5)55(4)45-50(37)18-20-57-19-12-17-49(9-2,44(50)57)46(65-30(3)58)52(45,61)48(60)64-7/h10-17,21-24,32,44-46,54,61H,8-9,18-20,25-29H2,1-7H3/t32-,44+,45-,46-,49-,50-,51+,52+/m1/s1. The predicted octanol–water partition coefficient (Wildman–Crippen LogP) is 7.19. The Morgan fingerprint density at radius 3 is 2.48 bits per heavy atom. The summed E-state index contributed by atoms with van der Waals surface area (Å²) >= 11 is 1.57. The number of fused-ring (bicyclic) bond motifs is 6. The maximum atomic E-state index is 15.5. The van der Waals surface area contributed by atoms with Gasteiger partial charge in [0.15, 0.2) is 6.10 Å². The molecule has 12 nitrogen and oxygen atoms in total. The number of benzene rings is 3. The van der Waals surface area contributed by atoms with Crippen molar-refractivity contribution < 1.29 is 42.8 Å². The van der Waals surface area contributed by atoms with Crippen molar-refractivity contribution in [2.45, 2.75) is 98.3 Å². The van der Waals surface area contributed by atoms with E-state index in [9.17, 15) is 19.1 Å². The van der Waals surface area contributed by atoms with Crippen molar-refractivity contribution in [1.29, 1.82) is 0 Å². The average Bonchev–Trinajstić information content (AvgIpc) is 3.97. The lowest BCUT2D eigenvalue weighted by Gasteiger charge is -2.63. The molecular weight excluding hydrogens is 860 g/mol. The van der Waals surface area contributed by atoms with Crippen LogP contribution in [0.2, 0.25) is 0 Å². The van der Waals surface area contributed by atoms with Crippen molar-refractivity contribution in [3.8, 4) is 5.75 Å². The molecule has 1 aliphatic carbocycles. The molecule has 66 heavy (non-hydrogen) atoms. The smallest absolute Gasteiger partial charge is 0.344 e. The van der Waals surface area contributed by atoms with Gasteiger partial charge in [-0.2, -0.15) is 0 Å². The number of carbonyl (C=O) groups excluding carboxylic acids is 3. The number of methoxy groups -OCH3 is 3. The van der Waals surface area contributed by atoms with E-state index in [2.05, 4.69) is 52.1 Å². The molecule has 3 aromatic carbocycles. The topological polar surface area (TPSA) is 134 Å². The van der Waals surface area contributed by atoms with Gasteiger partial charge < -0.3 is 33.9 Å². The lowest BCUT2D eigenvalue weighted by molar-refractivity contribution is -0.228. The SMILES string of the molecule is CCC1=C[C@H]2CN(C1)Cc1c([nH]c3ccc(SCc4ccccc4F)cc13)[C@@](C(=O)OC)(c1cc3c(cc1OC)N(C)[C@H]1[C@@](O)(C(=O)OC)[C@H](OC(C)=O)[C@]4(CC)C=CCN5CC[C@]31[C@@H]54)C2. The van der Waals surface area contributed by atoms with E-state index in [1.807, 2.05) is 49.2 Å². The number of hydrogen-bond acceptors (Lipinski definition) is 12. The normalized spacial score (nSPS) is 31.7. The zero-order chi connectivity index (χ0) is 46.5. The number of nitrogens with zero attached hydrogens (tertiary/aromatic N) is 3. The zero-order valence-corrected chi connectivity index (χ0v) is 39.6. The summed E-state index contributed by atoms with van der Waals surface area (Å²) in [5.41, 5.74) is 1.08. The van der Waals surface area contributed by atoms with Crippen LogP contribution in [-0.4, -0.2) is 116 Å². The van der Waals surface area contributed by atoms with Gasteiger partial charge in [0.25, 0.3) is 0 Å². The van der Waals surface area contributed by atoms with Crippen LogP contribution in [0.1, 0.15) is 74.4 Å². The number of halogens is 1. The first kappa shape index (κ1) is 44.7. The minimum atomic E-state index is -2.31. The van der Waals surface area contributed by atoms with Gasteiger partial charge in [-0.15, -0.1) is 11.8 Å². The molecule has 2 N–H and O–H groups in total. The van der Waals surface area contributed by atoms with E-state index in [-0.39, 0.29) is 17.8 Å². The van der Waals surface area contributed by atoms with Crippen molar-refractivity contribution in [2.24, 2.45) is 11.3 Å². The maximum absolute atomic E-state index is 15.5. The van der Waals surface area contributed by atoms with Crippen LogP contribution in [0.15, 0.2) is 83.3 Å². The van der Waals surface area contributed by atoms with Crippen LogP contribution in [0.25, 0.3) is 10.9 Å². The Morgan fingerprint density at radius 2 is 1.77 bits per heavy atom. The van der Waals surface area contributed by atoms with Gasteiger partial charge in [0.1, 0.15) is 17.0 Å². The number of esters is 3. The predicted molar refractivity (Wildman–Crippen MR) is 250 cm³/mol. The summed E-state index contributed by atoms with van der Waals surface area (Å²) in [6, 6.07) is 15.9. The van der Waals surface area contributed by atoms with E-state index in [4.69, 9.17) is 18.9 Å². The van der Waals surface area contributed by atoms with Crippen LogP contribution in [-0.2, 0) is 51.7 Å². The molecule has 2 fully saturated rings. The second kappa shape index (κ2) is 16.3. The van der Waals surface area contributed by atoms with E-state index in [1.54, 1.807) is 24.9 Å². The quantitative estimate of drug-likeness (QED) is 0.0723. The molecule has 9 atom stereocenters. The van der Waals surface area contributed by atoms with Gasteiger partial charge in [-0.25, -0.2) is 9.18 Å². The van der Waals surface area contributed by atoms with Crippen LogP contribution in [0, 0.1) is 17.2 Å². The summed E-state index contributed by atoms with van der Waals surface area (Å²) in [7, 11) is 6.17. The summed E-state index contributed by atoms with van der Waals surface area (Å²) in [6.07, 6.45) is 7.43. The molecule has 0 amide bonds. The molecular formula is C52H59FN4O8S.